The molecule has 0 radical (unpaired) electrons. The lowest BCUT2D eigenvalue weighted by atomic mass is 9.95. The van der Waals surface area contributed by atoms with Gasteiger partial charge in [0.15, 0.2) is 0 Å². The van der Waals surface area contributed by atoms with Crippen LogP contribution in [0.2, 0.25) is 0 Å². The van der Waals surface area contributed by atoms with Crippen molar-refractivity contribution < 1.29 is 9.18 Å². The zero-order chi connectivity index (χ0) is 13.0. The van der Waals surface area contributed by atoms with Crippen LogP contribution in [0.5, 0.6) is 0 Å². The fourth-order valence-corrected chi connectivity index (χ4v) is 2.30. The number of amides is 1. The van der Waals surface area contributed by atoms with Gasteiger partial charge in [-0.1, -0.05) is 25.1 Å². The predicted octanol–water partition coefficient (Wildman–Crippen LogP) is 1.48. The number of benzene rings is 1. The van der Waals surface area contributed by atoms with Gasteiger partial charge in [0, 0.05) is 6.04 Å². The Balaban J connectivity index is 1.90. The van der Waals surface area contributed by atoms with Gasteiger partial charge in [0.25, 0.3) is 0 Å². The molecule has 0 aromatic heterocycles. The van der Waals surface area contributed by atoms with Gasteiger partial charge in [0.1, 0.15) is 5.82 Å². The molecule has 1 aromatic carbocycles. The summed E-state index contributed by atoms with van der Waals surface area (Å²) < 4.78 is 13.4. The van der Waals surface area contributed by atoms with Crippen molar-refractivity contribution >= 4 is 5.91 Å². The molecule has 98 valence electrons. The minimum atomic E-state index is -0.314. The monoisotopic (exact) mass is 250 g/mol. The van der Waals surface area contributed by atoms with Crippen molar-refractivity contribution in [3.63, 3.8) is 0 Å². The van der Waals surface area contributed by atoms with Crippen LogP contribution in [0.4, 0.5) is 4.39 Å². The third kappa shape index (κ3) is 3.29. The van der Waals surface area contributed by atoms with Gasteiger partial charge in [-0.25, -0.2) is 4.39 Å². The van der Waals surface area contributed by atoms with Crippen LogP contribution in [0, 0.1) is 11.7 Å². The molecule has 1 heterocycles. The van der Waals surface area contributed by atoms with E-state index < -0.39 is 0 Å². The summed E-state index contributed by atoms with van der Waals surface area (Å²) in [5.41, 5.74) is 0.455. The largest absolute Gasteiger partial charge is 0.353 e. The Morgan fingerprint density at radius 1 is 1.50 bits per heavy atom. The molecule has 0 saturated carbocycles. The van der Waals surface area contributed by atoms with Gasteiger partial charge in [-0.2, -0.15) is 0 Å². The van der Waals surface area contributed by atoms with Crippen molar-refractivity contribution in [2.75, 3.05) is 13.1 Å². The summed E-state index contributed by atoms with van der Waals surface area (Å²) in [5, 5.41) is 6.28. The highest BCUT2D eigenvalue weighted by Crippen LogP contribution is 2.11. The first-order valence-corrected chi connectivity index (χ1v) is 6.40. The normalized spacial score (nSPS) is 23.7. The molecule has 1 amide bonds. The average Bonchev–Trinajstić information content (AvgIpc) is 2.35. The van der Waals surface area contributed by atoms with Gasteiger partial charge in [-0.3, -0.25) is 4.79 Å². The van der Waals surface area contributed by atoms with E-state index in [0.29, 0.717) is 11.5 Å². The van der Waals surface area contributed by atoms with Crippen LogP contribution in [-0.4, -0.2) is 25.0 Å². The molecule has 0 aliphatic carbocycles. The molecule has 18 heavy (non-hydrogen) atoms. The number of nitrogens with one attached hydrogen (secondary N) is 2. The molecule has 0 spiro atoms. The van der Waals surface area contributed by atoms with Crippen LogP contribution < -0.4 is 10.6 Å². The fraction of sp³-hybridized carbons (Fsp3) is 0.500. The summed E-state index contributed by atoms with van der Waals surface area (Å²) in [5.74, 6) is 0.00757. The summed E-state index contributed by atoms with van der Waals surface area (Å²) in [6.07, 6.45) is 1.05. The van der Waals surface area contributed by atoms with Gasteiger partial charge in [0.2, 0.25) is 5.91 Å². The van der Waals surface area contributed by atoms with E-state index in [9.17, 15) is 9.18 Å². The first-order chi connectivity index (χ1) is 8.66. The Hall–Kier alpha value is -1.42. The van der Waals surface area contributed by atoms with E-state index in [1.165, 1.54) is 6.07 Å². The molecule has 1 aromatic rings. The first-order valence-electron chi connectivity index (χ1n) is 6.40. The van der Waals surface area contributed by atoms with Crippen LogP contribution in [0.15, 0.2) is 24.3 Å². The number of hydrogen-bond donors (Lipinski definition) is 2. The van der Waals surface area contributed by atoms with Crippen molar-refractivity contribution in [1.82, 2.24) is 10.6 Å². The maximum atomic E-state index is 13.4. The lowest BCUT2D eigenvalue weighted by molar-refractivity contribution is -0.121. The third-order valence-corrected chi connectivity index (χ3v) is 3.44. The topological polar surface area (TPSA) is 41.1 Å². The van der Waals surface area contributed by atoms with E-state index in [1.807, 2.05) is 0 Å². The third-order valence-electron chi connectivity index (χ3n) is 3.44. The zero-order valence-corrected chi connectivity index (χ0v) is 10.6. The highest BCUT2D eigenvalue weighted by atomic mass is 19.1. The first kappa shape index (κ1) is 13.0. The molecule has 3 nitrogen and oxygen atoms in total. The van der Waals surface area contributed by atoms with E-state index in [4.69, 9.17) is 0 Å². The molecule has 1 aliphatic rings. The van der Waals surface area contributed by atoms with Crippen LogP contribution in [0.25, 0.3) is 0 Å². The molecule has 2 N–H and O–H groups in total. The van der Waals surface area contributed by atoms with Gasteiger partial charge >= 0.3 is 0 Å². The van der Waals surface area contributed by atoms with E-state index >= 15 is 0 Å². The predicted molar refractivity (Wildman–Crippen MR) is 68.7 cm³/mol. The second-order valence-corrected chi connectivity index (χ2v) is 4.91. The van der Waals surface area contributed by atoms with E-state index in [-0.39, 0.29) is 24.2 Å². The summed E-state index contributed by atoms with van der Waals surface area (Å²) in [6, 6.07) is 6.62. The van der Waals surface area contributed by atoms with Gasteiger partial charge < -0.3 is 10.6 Å². The Kier molecular flexibility index (Phi) is 4.31. The molecule has 1 aliphatic heterocycles. The maximum absolute atomic E-state index is 13.4. The standard InChI is InChI=1S/C14H19FN2O/c1-10-9-16-7-6-13(10)17-14(18)8-11-4-2-3-5-12(11)15/h2-5,10,13,16H,6-9H2,1H3,(H,17,18). The van der Waals surface area contributed by atoms with E-state index in [2.05, 4.69) is 17.6 Å². The lowest BCUT2D eigenvalue weighted by Crippen LogP contribution is -2.48. The summed E-state index contributed by atoms with van der Waals surface area (Å²) in [6.45, 7) is 3.96. The number of halogens is 1. The number of hydrogen-bond acceptors (Lipinski definition) is 2. The Morgan fingerprint density at radius 2 is 2.28 bits per heavy atom. The molecular formula is C14H19FN2O. The quantitative estimate of drug-likeness (QED) is 0.853. The molecule has 1 saturated heterocycles. The number of piperidine rings is 1. The van der Waals surface area contributed by atoms with Crippen molar-refractivity contribution in [3.8, 4) is 0 Å². The molecule has 2 atom stereocenters. The smallest absolute Gasteiger partial charge is 0.224 e. The highest BCUT2D eigenvalue weighted by Gasteiger charge is 2.22. The van der Waals surface area contributed by atoms with Crippen LogP contribution in [-0.2, 0) is 11.2 Å². The molecule has 0 bridgehead atoms. The van der Waals surface area contributed by atoms with Gasteiger partial charge in [-0.15, -0.1) is 0 Å². The zero-order valence-electron chi connectivity index (χ0n) is 10.6. The van der Waals surface area contributed by atoms with Crippen LogP contribution in [0.1, 0.15) is 18.9 Å². The second-order valence-electron chi connectivity index (χ2n) is 4.91. The van der Waals surface area contributed by atoms with Crippen LogP contribution in [0.3, 0.4) is 0 Å². The summed E-state index contributed by atoms with van der Waals surface area (Å²) in [4.78, 5) is 11.9. The Labute approximate surface area is 107 Å². The van der Waals surface area contributed by atoms with Crippen molar-refractivity contribution in [3.05, 3.63) is 35.6 Å². The lowest BCUT2D eigenvalue weighted by Gasteiger charge is -2.30. The number of carbonyl (C=O) groups excluding carboxylic acids is 1. The van der Waals surface area contributed by atoms with Gasteiger partial charge in [0.05, 0.1) is 6.42 Å². The van der Waals surface area contributed by atoms with Crippen LogP contribution >= 0.6 is 0 Å². The van der Waals surface area contributed by atoms with Crippen molar-refractivity contribution in [2.45, 2.75) is 25.8 Å². The molecule has 4 heteroatoms. The molecule has 2 rings (SSSR count). The summed E-state index contributed by atoms with van der Waals surface area (Å²) >= 11 is 0. The number of rotatable bonds is 3. The Bertz CT molecular complexity index is 422. The van der Waals surface area contributed by atoms with Crippen molar-refractivity contribution in [1.29, 1.82) is 0 Å². The molecule has 2 unspecified atom stereocenters. The Morgan fingerprint density at radius 3 is 3.00 bits per heavy atom. The minimum Gasteiger partial charge on any atom is -0.353 e. The maximum Gasteiger partial charge on any atom is 0.224 e. The molecular weight excluding hydrogens is 231 g/mol. The van der Waals surface area contributed by atoms with Gasteiger partial charge in [-0.05, 0) is 37.1 Å². The summed E-state index contributed by atoms with van der Waals surface area (Å²) in [7, 11) is 0. The van der Waals surface area contributed by atoms with E-state index in [0.717, 1.165) is 19.5 Å². The SMILES string of the molecule is CC1CNCCC1NC(=O)Cc1ccccc1F. The highest BCUT2D eigenvalue weighted by molar-refractivity contribution is 5.78. The van der Waals surface area contributed by atoms with Crippen molar-refractivity contribution in [2.24, 2.45) is 5.92 Å². The fourth-order valence-electron chi connectivity index (χ4n) is 2.30. The number of carbonyl (C=O) groups is 1. The van der Waals surface area contributed by atoms with E-state index in [1.54, 1.807) is 18.2 Å². The molecule has 1 fully saturated rings. The minimum absolute atomic E-state index is 0.0983. The second kappa shape index (κ2) is 5.96. The average molecular weight is 250 g/mol.